The summed E-state index contributed by atoms with van der Waals surface area (Å²) in [5.41, 5.74) is 2.93. The molecule has 0 aromatic heterocycles. The molecule has 53 heavy (non-hydrogen) atoms. The number of allylic oxidation sites excluding steroid dienone is 3. The SMILES string of the molecule is C=C(C)[C@@H]1CC[C@]2(C(=O)CCCCN3CCS(=C)(=O)CC3)CC[C@]3(C)[C@H](CC[C@@H]4[C@@]5(C)CC=C(c6ccc(C(=O)O)c(F)c6)C(C)(C)[C@@H]5CC[C@]43C)[C@@H]12. The summed E-state index contributed by atoms with van der Waals surface area (Å²) in [5, 5.41) is 9.44. The van der Waals surface area contributed by atoms with Gasteiger partial charge in [0.05, 0.1) is 5.56 Å². The first-order valence-electron chi connectivity index (χ1n) is 20.8. The highest BCUT2D eigenvalue weighted by atomic mass is 32.2. The molecular formula is C46H66FNO4S. The number of fused-ring (bicyclic) bond motifs is 7. The number of carbonyl (C=O) groups is 2. The van der Waals surface area contributed by atoms with E-state index in [1.807, 2.05) is 0 Å². The van der Waals surface area contributed by atoms with Gasteiger partial charge in [0, 0.05) is 36.4 Å². The Balaban J connectivity index is 1.12. The normalized spacial score (nSPS) is 40.2. The Kier molecular flexibility index (Phi) is 9.90. The maximum absolute atomic E-state index is 15.0. The summed E-state index contributed by atoms with van der Waals surface area (Å²) in [7, 11) is -1.89. The van der Waals surface area contributed by atoms with Crippen molar-refractivity contribution in [3.8, 4) is 0 Å². The summed E-state index contributed by atoms with van der Waals surface area (Å²) in [6, 6.07) is 4.66. The molecule has 5 aliphatic carbocycles. The maximum Gasteiger partial charge on any atom is 0.338 e. The molecule has 0 spiro atoms. The lowest BCUT2D eigenvalue weighted by atomic mass is 9.32. The van der Waals surface area contributed by atoms with E-state index in [1.165, 1.54) is 37.0 Å². The second-order valence-corrected chi connectivity index (χ2v) is 22.7. The summed E-state index contributed by atoms with van der Waals surface area (Å²) in [5.74, 6) is 6.21. The number of carboxylic acid groups (broad SMARTS) is 1. The smallest absolute Gasteiger partial charge is 0.338 e. The van der Waals surface area contributed by atoms with Gasteiger partial charge in [-0.3, -0.25) is 9.00 Å². The molecule has 9 atom stereocenters. The summed E-state index contributed by atoms with van der Waals surface area (Å²) in [4.78, 5) is 28.6. The fraction of sp³-hybridized carbons (Fsp3) is 0.717. The zero-order valence-corrected chi connectivity index (χ0v) is 34.4. The Morgan fingerprint density at radius 1 is 0.943 bits per heavy atom. The number of hydrogen-bond donors (Lipinski definition) is 1. The molecule has 0 bridgehead atoms. The van der Waals surface area contributed by atoms with Crippen molar-refractivity contribution in [1.29, 1.82) is 0 Å². The van der Waals surface area contributed by atoms with Gasteiger partial charge < -0.3 is 10.0 Å². The molecule has 1 aliphatic heterocycles. The first kappa shape index (κ1) is 39.0. The number of ketones is 1. The zero-order chi connectivity index (χ0) is 38.4. The molecule has 7 rings (SSSR count). The molecule has 0 unspecified atom stereocenters. The average molecular weight is 748 g/mol. The van der Waals surface area contributed by atoms with E-state index in [0.29, 0.717) is 53.3 Å². The van der Waals surface area contributed by atoms with Crippen molar-refractivity contribution in [2.45, 2.75) is 119 Å². The average Bonchev–Trinajstić information content (AvgIpc) is 3.48. The van der Waals surface area contributed by atoms with Crippen LogP contribution in [0.3, 0.4) is 0 Å². The van der Waals surface area contributed by atoms with Crippen LogP contribution in [0, 0.1) is 62.5 Å². The van der Waals surface area contributed by atoms with Gasteiger partial charge >= 0.3 is 5.97 Å². The molecule has 6 aliphatic rings. The van der Waals surface area contributed by atoms with Gasteiger partial charge in [-0.25, -0.2) is 9.18 Å². The van der Waals surface area contributed by atoms with Crippen LogP contribution in [-0.2, 0) is 14.3 Å². The number of aromatic carboxylic acids is 1. The summed E-state index contributed by atoms with van der Waals surface area (Å²) >= 11 is 0. The Morgan fingerprint density at radius 2 is 1.66 bits per heavy atom. The second-order valence-electron chi connectivity index (χ2n) is 20.0. The minimum absolute atomic E-state index is 0.0970. The zero-order valence-electron chi connectivity index (χ0n) is 33.5. The van der Waals surface area contributed by atoms with E-state index in [9.17, 15) is 23.3 Å². The highest BCUT2D eigenvalue weighted by Gasteiger charge is 2.71. The highest BCUT2D eigenvalue weighted by molar-refractivity contribution is 8.00. The van der Waals surface area contributed by atoms with E-state index in [-0.39, 0.29) is 32.6 Å². The minimum Gasteiger partial charge on any atom is -0.478 e. The topological polar surface area (TPSA) is 74.7 Å². The van der Waals surface area contributed by atoms with Crippen LogP contribution in [0.15, 0.2) is 36.4 Å². The molecule has 0 amide bonds. The van der Waals surface area contributed by atoms with Crippen LogP contribution in [0.2, 0.25) is 0 Å². The van der Waals surface area contributed by atoms with E-state index < -0.39 is 21.3 Å². The van der Waals surface area contributed by atoms with Crippen molar-refractivity contribution in [3.05, 3.63) is 53.4 Å². The fourth-order valence-corrected chi connectivity index (χ4v) is 15.9. The van der Waals surface area contributed by atoms with Crippen LogP contribution in [-0.4, -0.2) is 63.0 Å². The molecule has 7 heteroatoms. The standard InChI is InChI=1S/C46H66FNO4S/c1-30(2)32-16-21-46(39(49)11-9-10-24-48-25-27-53(8,52)28-26-48)23-22-44(6)35(40(32)46)14-15-38-43(5)19-17-34(31-12-13-33(41(50)51)36(47)29-31)42(3,4)37(43)18-20-45(38,44)7/h12-13,17,29,32,35,37-38,40H,1,8-11,14-16,18-28H2,2-7H3,(H,50,51)/t32-,35+,37-,38+,40+,43-,44+,45+,46+/m0/s1. The summed E-state index contributed by atoms with van der Waals surface area (Å²) < 4.78 is 27.3. The Morgan fingerprint density at radius 3 is 2.32 bits per heavy atom. The number of benzene rings is 1. The van der Waals surface area contributed by atoms with Gasteiger partial charge in [-0.15, -0.1) is 0 Å². The molecule has 292 valence electrons. The number of carboxylic acids is 1. The van der Waals surface area contributed by atoms with Crippen molar-refractivity contribution in [2.24, 2.45) is 56.7 Å². The first-order chi connectivity index (χ1) is 24.8. The van der Waals surface area contributed by atoms with Gasteiger partial charge in [-0.05, 0) is 174 Å². The number of nitrogens with zero attached hydrogens (tertiary/aromatic N) is 1. The second kappa shape index (κ2) is 13.5. The van der Waals surface area contributed by atoms with Gasteiger partial charge in [-0.2, -0.15) is 0 Å². The number of rotatable bonds is 9. The summed E-state index contributed by atoms with van der Waals surface area (Å²) in [6.45, 7) is 21.9. The van der Waals surface area contributed by atoms with Gasteiger partial charge in [0.15, 0.2) is 0 Å². The predicted molar refractivity (Wildman–Crippen MR) is 216 cm³/mol. The Labute approximate surface area is 319 Å². The lowest BCUT2D eigenvalue weighted by Gasteiger charge is -2.72. The minimum atomic E-state index is -1.89. The van der Waals surface area contributed by atoms with Gasteiger partial charge in [0.2, 0.25) is 0 Å². The largest absolute Gasteiger partial charge is 0.478 e. The number of carbonyl (C=O) groups excluding carboxylic acids is 1. The van der Waals surface area contributed by atoms with Crippen molar-refractivity contribution in [2.75, 3.05) is 31.1 Å². The number of unbranched alkanes of at least 4 members (excludes halogenated alkanes) is 1. The molecular weight excluding hydrogens is 682 g/mol. The lowest BCUT2D eigenvalue weighted by Crippen LogP contribution is -2.65. The van der Waals surface area contributed by atoms with Crippen LogP contribution in [0.25, 0.3) is 5.57 Å². The van der Waals surface area contributed by atoms with E-state index in [2.05, 4.69) is 65.0 Å². The number of Topliss-reactive ketones (excluding diaryl/α,β-unsaturated/α-hetero) is 1. The first-order valence-corrected chi connectivity index (χ1v) is 22.8. The van der Waals surface area contributed by atoms with Crippen molar-refractivity contribution in [1.82, 2.24) is 4.90 Å². The quantitative estimate of drug-likeness (QED) is 0.155. The molecule has 0 radical (unpaired) electrons. The number of halogens is 1. The Hall–Kier alpha value is -2.25. The highest BCUT2D eigenvalue weighted by Crippen LogP contribution is 2.78. The third kappa shape index (κ3) is 6.07. The molecule has 1 heterocycles. The monoisotopic (exact) mass is 747 g/mol. The van der Waals surface area contributed by atoms with Crippen LogP contribution < -0.4 is 0 Å². The van der Waals surface area contributed by atoms with Crippen LogP contribution in [0.4, 0.5) is 4.39 Å². The third-order valence-electron chi connectivity index (χ3n) is 17.4. The van der Waals surface area contributed by atoms with E-state index in [0.717, 1.165) is 82.1 Å². The number of hydrogen-bond acceptors (Lipinski definition) is 4. The lowest BCUT2D eigenvalue weighted by molar-refractivity contribution is -0.224. The maximum atomic E-state index is 15.0. The van der Waals surface area contributed by atoms with Crippen molar-refractivity contribution in [3.63, 3.8) is 0 Å². The van der Waals surface area contributed by atoms with E-state index in [4.69, 9.17) is 0 Å². The molecule has 1 aromatic carbocycles. The van der Waals surface area contributed by atoms with Crippen LogP contribution in [0.1, 0.15) is 135 Å². The fourth-order valence-electron chi connectivity index (χ4n) is 14.5. The van der Waals surface area contributed by atoms with E-state index >= 15 is 0 Å². The van der Waals surface area contributed by atoms with Crippen molar-refractivity contribution >= 4 is 32.7 Å². The van der Waals surface area contributed by atoms with Gasteiger partial charge in [-0.1, -0.05) is 58.9 Å². The van der Waals surface area contributed by atoms with Crippen molar-refractivity contribution < 1.29 is 23.3 Å². The predicted octanol–water partition coefficient (Wildman–Crippen LogP) is 9.95. The molecule has 5 nitrogen and oxygen atoms in total. The molecule has 5 fully saturated rings. The molecule has 4 saturated carbocycles. The van der Waals surface area contributed by atoms with Crippen LogP contribution >= 0.6 is 0 Å². The molecule has 1 saturated heterocycles. The summed E-state index contributed by atoms with van der Waals surface area (Å²) in [6.07, 6.45) is 14.8. The Bertz CT molecular complexity index is 1800. The molecule has 1 N–H and O–H groups in total. The van der Waals surface area contributed by atoms with Crippen LogP contribution in [0.5, 0.6) is 0 Å². The molecule has 1 aromatic rings. The third-order valence-corrected chi connectivity index (χ3v) is 19.3. The van der Waals surface area contributed by atoms with Gasteiger partial charge in [0.1, 0.15) is 11.6 Å². The van der Waals surface area contributed by atoms with E-state index in [1.54, 1.807) is 6.07 Å². The van der Waals surface area contributed by atoms with Gasteiger partial charge in [0.25, 0.3) is 0 Å².